The second kappa shape index (κ2) is 16.0. The first-order chi connectivity index (χ1) is 24.7. The standard InChI is InChI=1S/C27H13F15NO2Si.CHF3O3S/c1-43(5-4-9-3-2-7-44-9)6-8-45-46(25-19(37)13(31)10(28)14(32)20(25)38,26-21(39)15(33)11(29)16(34)22(26)40)27-23(41)17(35)12(30)18(36)24(27)42;2-1(3,4)8(5,6)7/h2-3,5,7H,4,6,8H2,1H3;(H,5,6,7)/q+1;/p-1. The van der Waals surface area contributed by atoms with E-state index in [2.05, 4.69) is 0 Å². The van der Waals surface area contributed by atoms with Crippen LogP contribution in [-0.4, -0.2) is 57.8 Å². The van der Waals surface area contributed by atoms with E-state index in [1.165, 1.54) is 31.7 Å². The molecule has 0 saturated heterocycles. The Morgan fingerprint density at radius 3 is 1.20 bits per heavy atom. The molecule has 4 aromatic rings. The van der Waals surface area contributed by atoms with E-state index in [9.17, 15) is 52.7 Å². The molecule has 0 saturated carbocycles. The van der Waals surface area contributed by atoms with E-state index in [1.54, 1.807) is 0 Å². The molecular weight excluding hydrogens is 832 g/mol. The van der Waals surface area contributed by atoms with Gasteiger partial charge in [0.15, 0.2) is 86.5 Å². The first kappa shape index (κ1) is 43.8. The Hall–Kier alpha value is -4.56. The van der Waals surface area contributed by atoms with Gasteiger partial charge in [0.05, 0.1) is 34.9 Å². The molecule has 0 bridgehead atoms. The third-order valence-electron chi connectivity index (χ3n) is 6.92. The highest BCUT2D eigenvalue weighted by Gasteiger charge is 2.58. The van der Waals surface area contributed by atoms with Crippen molar-refractivity contribution < 1.29 is 105 Å². The van der Waals surface area contributed by atoms with Crippen LogP contribution in [0.4, 0.5) is 79.0 Å². The van der Waals surface area contributed by atoms with Crippen LogP contribution in [0.1, 0.15) is 5.76 Å². The van der Waals surface area contributed by atoms with Crippen molar-refractivity contribution >= 4 is 40.2 Å². The Morgan fingerprint density at radius 2 is 0.944 bits per heavy atom. The minimum atomic E-state index is -7.34. The summed E-state index contributed by atoms with van der Waals surface area (Å²) in [6.45, 7) is -2.12. The van der Waals surface area contributed by atoms with Gasteiger partial charge in [-0.1, -0.05) is 0 Å². The Bertz CT molecular complexity index is 1970. The van der Waals surface area contributed by atoms with Gasteiger partial charge >= 0.3 is 13.8 Å². The van der Waals surface area contributed by atoms with E-state index in [0.717, 1.165) is 4.58 Å². The SMILES string of the molecule is C[N+](=CCc1ccco1)CCO[Si](c1c(F)c(F)c(F)c(F)c1F)(c1c(F)c(F)c(F)c(F)c1F)c1c(F)c(F)c(F)c(F)c1F.O=S(=O)([O-])C(F)(F)F. The number of nitrogens with zero attached hydrogens (tertiary/aromatic N) is 1. The summed E-state index contributed by atoms with van der Waals surface area (Å²) in [5, 5.41) is -8.26. The Kier molecular flexibility index (Phi) is 13.0. The van der Waals surface area contributed by atoms with Crippen molar-refractivity contribution in [2.75, 3.05) is 20.2 Å². The van der Waals surface area contributed by atoms with E-state index in [1.807, 2.05) is 0 Å². The van der Waals surface area contributed by atoms with Gasteiger partial charge in [-0.3, -0.25) is 0 Å². The second-order valence-corrected chi connectivity index (χ2v) is 14.7. The van der Waals surface area contributed by atoms with Crippen LogP contribution in [0.5, 0.6) is 0 Å². The van der Waals surface area contributed by atoms with Crippen LogP contribution < -0.4 is 15.6 Å². The summed E-state index contributed by atoms with van der Waals surface area (Å²) in [6.07, 6.45) is 2.52. The number of hydrogen-bond donors (Lipinski definition) is 0. The average Bonchev–Trinajstić information content (AvgIpc) is 3.62. The van der Waals surface area contributed by atoms with Crippen LogP contribution in [0, 0.1) is 87.3 Å². The fraction of sp³-hybridized carbons (Fsp3) is 0.179. The van der Waals surface area contributed by atoms with Gasteiger partial charge in [-0.05, 0) is 12.1 Å². The lowest BCUT2D eigenvalue weighted by Gasteiger charge is -2.34. The smallest absolute Gasteiger partial charge is 0.485 e. The van der Waals surface area contributed by atoms with Gasteiger partial charge in [-0.25, -0.2) is 78.8 Å². The topological polar surface area (TPSA) is 82.6 Å². The van der Waals surface area contributed by atoms with Gasteiger partial charge in [-0.2, -0.15) is 13.2 Å². The minimum absolute atomic E-state index is 0.0149. The predicted molar refractivity (Wildman–Crippen MR) is 145 cm³/mol. The highest BCUT2D eigenvalue weighted by Crippen LogP contribution is 2.28. The summed E-state index contributed by atoms with van der Waals surface area (Å²) in [6, 6.07) is 2.96. The Balaban J connectivity index is 0.000000879. The molecule has 6 nitrogen and oxygen atoms in total. The van der Waals surface area contributed by atoms with Crippen molar-refractivity contribution in [3.8, 4) is 0 Å². The average molecular weight is 846 g/mol. The van der Waals surface area contributed by atoms with Crippen LogP contribution >= 0.6 is 0 Å². The van der Waals surface area contributed by atoms with Crippen molar-refractivity contribution in [1.29, 1.82) is 0 Å². The lowest BCUT2D eigenvalue weighted by atomic mass is 10.3. The van der Waals surface area contributed by atoms with Crippen LogP contribution in [0.15, 0.2) is 22.8 Å². The van der Waals surface area contributed by atoms with E-state index < -0.39 is 140 Å². The van der Waals surface area contributed by atoms with E-state index in [4.69, 9.17) is 21.8 Å². The molecule has 0 aliphatic heterocycles. The molecule has 3 aromatic carbocycles. The molecule has 0 radical (unpaired) electrons. The molecule has 0 unspecified atom stereocenters. The third-order valence-corrected chi connectivity index (χ3v) is 11.5. The summed E-state index contributed by atoms with van der Waals surface area (Å²) in [5.74, 6) is -45.8. The molecule has 0 amide bonds. The zero-order valence-corrected chi connectivity index (χ0v) is 27.4. The van der Waals surface area contributed by atoms with Gasteiger partial charge in [-0.15, -0.1) is 0 Å². The second-order valence-electron chi connectivity index (χ2n) is 10.2. The van der Waals surface area contributed by atoms with E-state index in [-0.39, 0.29) is 6.42 Å². The van der Waals surface area contributed by atoms with Gasteiger partial charge in [0.1, 0.15) is 19.0 Å². The number of rotatable bonds is 9. The van der Waals surface area contributed by atoms with Crippen LogP contribution in [-0.2, 0) is 21.0 Å². The molecule has 0 atom stereocenters. The molecule has 296 valence electrons. The van der Waals surface area contributed by atoms with Gasteiger partial charge in [0, 0.05) is 0 Å². The number of benzene rings is 3. The first-order valence-corrected chi connectivity index (χ1v) is 16.8. The Labute approximate surface area is 289 Å². The van der Waals surface area contributed by atoms with Crippen molar-refractivity contribution in [2.24, 2.45) is 0 Å². The predicted octanol–water partition coefficient (Wildman–Crippen LogP) is 5.36. The first-order valence-electron chi connectivity index (χ1n) is 13.5. The molecule has 1 heterocycles. The van der Waals surface area contributed by atoms with Gasteiger partial charge in [0.25, 0.3) is 0 Å². The molecule has 0 aliphatic rings. The van der Waals surface area contributed by atoms with Crippen LogP contribution in [0.2, 0.25) is 0 Å². The number of halogens is 18. The highest BCUT2D eigenvalue weighted by atomic mass is 32.2. The lowest BCUT2D eigenvalue weighted by Crippen LogP contribution is -2.75. The van der Waals surface area contributed by atoms with Crippen molar-refractivity contribution in [3.63, 3.8) is 0 Å². The molecule has 26 heteroatoms. The monoisotopic (exact) mass is 845 g/mol. The number of hydrogen-bond acceptors (Lipinski definition) is 5. The molecule has 1 aromatic heterocycles. The summed E-state index contributed by atoms with van der Waals surface area (Å²) in [7, 11) is -12.2. The van der Waals surface area contributed by atoms with Crippen molar-refractivity contribution in [1.82, 2.24) is 0 Å². The zero-order chi connectivity index (χ0) is 41.4. The number of furan rings is 1. The normalized spacial score (nSPS) is 12.6. The van der Waals surface area contributed by atoms with Crippen molar-refractivity contribution in [2.45, 2.75) is 11.9 Å². The van der Waals surface area contributed by atoms with Crippen molar-refractivity contribution in [3.05, 3.63) is 111 Å². The zero-order valence-electron chi connectivity index (χ0n) is 25.6. The molecule has 0 N–H and O–H groups in total. The number of alkyl halides is 3. The van der Waals surface area contributed by atoms with E-state index >= 15 is 26.3 Å². The van der Waals surface area contributed by atoms with Crippen LogP contribution in [0.25, 0.3) is 0 Å². The highest BCUT2D eigenvalue weighted by molar-refractivity contribution is 7.86. The summed E-state index contributed by atoms with van der Waals surface area (Å²) in [4.78, 5) is 0. The maximum Gasteiger partial charge on any atom is 0.485 e. The molecule has 0 spiro atoms. The summed E-state index contributed by atoms with van der Waals surface area (Å²) in [5.41, 5.74) is -5.65. The number of likely N-dealkylation sites (N-methyl/N-ethyl adjacent to an activating group) is 1. The Morgan fingerprint density at radius 1 is 0.648 bits per heavy atom. The van der Waals surface area contributed by atoms with Crippen LogP contribution in [0.3, 0.4) is 0 Å². The minimum Gasteiger partial charge on any atom is -0.741 e. The maximum atomic E-state index is 15.4. The molecule has 0 aliphatic carbocycles. The van der Waals surface area contributed by atoms with E-state index in [0.29, 0.717) is 5.76 Å². The largest absolute Gasteiger partial charge is 0.741 e. The summed E-state index contributed by atoms with van der Waals surface area (Å²) < 4.78 is 292. The molecule has 4 rings (SSSR count). The maximum absolute atomic E-state index is 15.4. The molecule has 54 heavy (non-hydrogen) atoms. The van der Waals surface area contributed by atoms with Gasteiger partial charge in [0.2, 0.25) is 17.5 Å². The molecular formula is C28H13F18NO5SSi. The lowest BCUT2D eigenvalue weighted by molar-refractivity contribution is -0.495. The third kappa shape index (κ3) is 7.95. The van der Waals surface area contributed by atoms with Gasteiger partial charge < -0.3 is 13.4 Å². The fourth-order valence-corrected chi connectivity index (χ4v) is 8.54. The quantitative estimate of drug-likeness (QED) is 0.0261. The molecule has 0 fully saturated rings. The fourth-order valence-electron chi connectivity index (χ4n) is 4.44. The summed E-state index contributed by atoms with van der Waals surface area (Å²) >= 11 is 0.